The van der Waals surface area contributed by atoms with Crippen molar-refractivity contribution in [3.05, 3.63) is 42.0 Å². The quantitative estimate of drug-likeness (QED) is 0.892. The van der Waals surface area contributed by atoms with Crippen molar-refractivity contribution in [1.29, 1.82) is 0 Å². The Bertz CT molecular complexity index is 653. The number of aromatic nitrogens is 3. The molecule has 0 saturated heterocycles. The van der Waals surface area contributed by atoms with Gasteiger partial charge in [-0.3, -0.25) is 9.69 Å². The summed E-state index contributed by atoms with van der Waals surface area (Å²) in [4.78, 5) is 13.4. The van der Waals surface area contributed by atoms with Crippen LogP contribution in [0.4, 0.5) is 0 Å². The minimum Gasteiger partial charge on any atom is -0.494 e. The van der Waals surface area contributed by atoms with Crippen LogP contribution in [0.15, 0.2) is 30.6 Å². The first-order valence-corrected chi connectivity index (χ1v) is 7.22. The monoisotopic (exact) mass is 302 g/mol. The largest absolute Gasteiger partial charge is 0.494 e. The third-order valence-electron chi connectivity index (χ3n) is 3.76. The molecule has 1 aliphatic rings. The molecule has 1 aromatic carbocycles. The average Bonchev–Trinajstić information content (AvgIpc) is 2.96. The summed E-state index contributed by atoms with van der Waals surface area (Å²) in [5, 5.41) is 17.3. The highest BCUT2D eigenvalue weighted by Gasteiger charge is 2.32. The molecule has 22 heavy (non-hydrogen) atoms. The van der Waals surface area contributed by atoms with E-state index in [9.17, 15) is 9.90 Å². The van der Waals surface area contributed by atoms with E-state index < -0.39 is 12.0 Å². The molecule has 7 nitrogen and oxygen atoms in total. The molecule has 1 atom stereocenters. The van der Waals surface area contributed by atoms with Crippen LogP contribution in [0.3, 0.4) is 0 Å². The van der Waals surface area contributed by atoms with E-state index in [0.717, 1.165) is 17.1 Å². The lowest BCUT2D eigenvalue weighted by molar-refractivity contribution is -0.145. The van der Waals surface area contributed by atoms with E-state index >= 15 is 0 Å². The molecule has 1 aromatic heterocycles. The van der Waals surface area contributed by atoms with Crippen molar-refractivity contribution in [2.75, 3.05) is 6.61 Å². The first kappa shape index (κ1) is 14.5. The number of hydrogen-bond acceptors (Lipinski definition) is 5. The summed E-state index contributed by atoms with van der Waals surface area (Å²) in [6.45, 7) is 3.96. The Morgan fingerprint density at radius 2 is 2.18 bits per heavy atom. The Morgan fingerprint density at radius 1 is 1.41 bits per heavy atom. The minimum absolute atomic E-state index is 0.370. The van der Waals surface area contributed by atoms with Gasteiger partial charge in [0.1, 0.15) is 23.9 Å². The highest BCUT2D eigenvalue weighted by molar-refractivity contribution is 5.73. The Balaban J connectivity index is 1.76. The molecule has 7 heteroatoms. The highest BCUT2D eigenvalue weighted by Crippen LogP contribution is 2.20. The van der Waals surface area contributed by atoms with Gasteiger partial charge < -0.3 is 14.4 Å². The maximum Gasteiger partial charge on any atom is 0.322 e. The zero-order chi connectivity index (χ0) is 15.5. The van der Waals surface area contributed by atoms with E-state index in [2.05, 4.69) is 10.2 Å². The van der Waals surface area contributed by atoms with Crippen LogP contribution in [0, 0.1) is 0 Å². The standard InChI is InChI=1S/C15H18N4O3/c1-2-22-12-5-3-11(4-6-12)7-18-9-14-17-16-10-19(14)8-13(18)15(20)21/h3-6,10,13H,2,7-9H2,1H3,(H,20,21). The molecule has 0 spiro atoms. The molecule has 1 aliphatic heterocycles. The van der Waals surface area contributed by atoms with Gasteiger partial charge in [-0.2, -0.15) is 0 Å². The summed E-state index contributed by atoms with van der Waals surface area (Å²) in [6.07, 6.45) is 1.58. The second kappa shape index (κ2) is 6.15. The summed E-state index contributed by atoms with van der Waals surface area (Å²) in [6, 6.07) is 7.16. The van der Waals surface area contributed by atoms with Gasteiger partial charge >= 0.3 is 5.97 Å². The van der Waals surface area contributed by atoms with E-state index in [1.165, 1.54) is 0 Å². The van der Waals surface area contributed by atoms with Gasteiger partial charge in [-0.05, 0) is 24.6 Å². The van der Waals surface area contributed by atoms with E-state index in [-0.39, 0.29) is 0 Å². The predicted molar refractivity (Wildman–Crippen MR) is 78.3 cm³/mol. The van der Waals surface area contributed by atoms with Crippen LogP contribution in [0.25, 0.3) is 0 Å². The maximum atomic E-state index is 11.5. The van der Waals surface area contributed by atoms with Gasteiger partial charge in [0, 0.05) is 6.54 Å². The number of ether oxygens (including phenoxy) is 1. The molecule has 0 saturated carbocycles. The molecule has 2 aromatic rings. The SMILES string of the molecule is CCOc1ccc(CN2Cc3nncn3CC2C(=O)O)cc1. The Labute approximate surface area is 128 Å². The molecule has 0 radical (unpaired) electrons. The molecule has 0 fully saturated rings. The summed E-state index contributed by atoms with van der Waals surface area (Å²) < 4.78 is 7.22. The molecule has 0 aliphatic carbocycles. The van der Waals surface area contributed by atoms with Crippen molar-refractivity contribution >= 4 is 5.97 Å². The molecular formula is C15H18N4O3. The number of aliphatic carboxylic acids is 1. The molecule has 1 N–H and O–H groups in total. The van der Waals surface area contributed by atoms with Crippen LogP contribution in [-0.2, 0) is 24.4 Å². The molecule has 0 amide bonds. The number of fused-ring (bicyclic) bond motifs is 1. The molecular weight excluding hydrogens is 284 g/mol. The lowest BCUT2D eigenvalue weighted by atomic mass is 10.1. The summed E-state index contributed by atoms with van der Waals surface area (Å²) in [7, 11) is 0. The summed E-state index contributed by atoms with van der Waals surface area (Å²) >= 11 is 0. The molecule has 2 heterocycles. The van der Waals surface area contributed by atoms with Gasteiger partial charge in [-0.15, -0.1) is 10.2 Å². The fourth-order valence-electron chi connectivity index (χ4n) is 2.64. The number of rotatable bonds is 5. The second-order valence-electron chi connectivity index (χ2n) is 5.24. The number of nitrogens with zero attached hydrogens (tertiary/aromatic N) is 4. The van der Waals surface area contributed by atoms with Crippen molar-refractivity contribution in [2.45, 2.75) is 32.6 Å². The zero-order valence-corrected chi connectivity index (χ0v) is 12.3. The van der Waals surface area contributed by atoms with Gasteiger partial charge in [0.25, 0.3) is 0 Å². The molecule has 3 rings (SSSR count). The average molecular weight is 302 g/mol. The molecule has 116 valence electrons. The van der Waals surface area contributed by atoms with E-state index in [1.54, 1.807) is 10.9 Å². The molecule has 1 unspecified atom stereocenters. The predicted octanol–water partition coefficient (Wildman–Crippen LogP) is 1.15. The van der Waals surface area contributed by atoms with E-state index in [0.29, 0.717) is 26.2 Å². The fraction of sp³-hybridized carbons (Fsp3) is 0.400. The van der Waals surface area contributed by atoms with Crippen molar-refractivity contribution in [3.8, 4) is 5.75 Å². The smallest absolute Gasteiger partial charge is 0.322 e. The van der Waals surface area contributed by atoms with Crippen molar-refractivity contribution in [3.63, 3.8) is 0 Å². The number of hydrogen-bond donors (Lipinski definition) is 1. The third-order valence-corrected chi connectivity index (χ3v) is 3.76. The van der Waals surface area contributed by atoms with Gasteiger partial charge in [0.2, 0.25) is 0 Å². The van der Waals surface area contributed by atoms with Crippen LogP contribution >= 0.6 is 0 Å². The van der Waals surface area contributed by atoms with E-state index in [4.69, 9.17) is 4.74 Å². The van der Waals surface area contributed by atoms with Crippen molar-refractivity contribution < 1.29 is 14.6 Å². The molecule has 0 bridgehead atoms. The second-order valence-corrected chi connectivity index (χ2v) is 5.24. The van der Waals surface area contributed by atoms with Crippen LogP contribution < -0.4 is 4.74 Å². The van der Waals surface area contributed by atoms with Crippen molar-refractivity contribution in [2.24, 2.45) is 0 Å². The fourth-order valence-corrected chi connectivity index (χ4v) is 2.64. The first-order chi connectivity index (χ1) is 10.7. The minimum atomic E-state index is -0.828. The van der Waals surface area contributed by atoms with Gasteiger partial charge in [0.15, 0.2) is 0 Å². The van der Waals surface area contributed by atoms with Crippen LogP contribution in [0.1, 0.15) is 18.3 Å². The third kappa shape index (κ3) is 2.94. The lowest BCUT2D eigenvalue weighted by Gasteiger charge is -2.32. The van der Waals surface area contributed by atoms with Crippen molar-refractivity contribution in [1.82, 2.24) is 19.7 Å². The van der Waals surface area contributed by atoms with Gasteiger partial charge in [-0.25, -0.2) is 0 Å². The summed E-state index contributed by atoms with van der Waals surface area (Å²) in [5.74, 6) is 0.785. The number of carboxylic acids is 1. The number of carbonyl (C=O) groups is 1. The Morgan fingerprint density at radius 3 is 2.86 bits per heavy atom. The van der Waals surface area contributed by atoms with Crippen LogP contribution in [0.2, 0.25) is 0 Å². The van der Waals surface area contributed by atoms with E-state index in [1.807, 2.05) is 36.1 Å². The maximum absolute atomic E-state index is 11.5. The Kier molecular flexibility index (Phi) is 4.06. The Hall–Kier alpha value is -2.41. The topological polar surface area (TPSA) is 80.5 Å². The van der Waals surface area contributed by atoms with Gasteiger partial charge in [-0.1, -0.05) is 12.1 Å². The van der Waals surface area contributed by atoms with Crippen LogP contribution in [0.5, 0.6) is 5.75 Å². The lowest BCUT2D eigenvalue weighted by Crippen LogP contribution is -2.47. The summed E-state index contributed by atoms with van der Waals surface area (Å²) in [5.41, 5.74) is 1.04. The zero-order valence-electron chi connectivity index (χ0n) is 12.3. The highest BCUT2D eigenvalue weighted by atomic mass is 16.5. The number of carboxylic acid groups (broad SMARTS) is 1. The number of benzene rings is 1. The van der Waals surface area contributed by atoms with Gasteiger partial charge in [0.05, 0.1) is 19.7 Å². The van der Waals surface area contributed by atoms with Crippen LogP contribution in [-0.4, -0.2) is 43.4 Å². The normalized spacial score (nSPS) is 18.0. The first-order valence-electron chi connectivity index (χ1n) is 7.22.